The van der Waals surface area contributed by atoms with Gasteiger partial charge in [0.05, 0.1) is 39.1 Å². The van der Waals surface area contributed by atoms with E-state index >= 15 is 0 Å². The van der Waals surface area contributed by atoms with E-state index in [1.165, 1.54) is 12.3 Å². The second kappa shape index (κ2) is 11.2. The smallest absolute Gasteiger partial charge is 0.338 e. The Hall–Kier alpha value is -3.95. The molecule has 188 valence electrons. The van der Waals surface area contributed by atoms with Gasteiger partial charge in [-0.3, -0.25) is 9.67 Å². The zero-order valence-corrected chi connectivity index (χ0v) is 20.4. The number of benzene rings is 2. The van der Waals surface area contributed by atoms with E-state index in [1.807, 2.05) is 37.3 Å². The molecule has 0 aliphatic heterocycles. The number of carboxylic acid groups (broad SMARTS) is 1. The number of fused-ring (bicyclic) bond motifs is 1. The van der Waals surface area contributed by atoms with Crippen LogP contribution in [0.1, 0.15) is 33.2 Å². The number of methoxy groups -OCH3 is 2. The second-order valence-electron chi connectivity index (χ2n) is 8.39. The summed E-state index contributed by atoms with van der Waals surface area (Å²) in [5, 5.41) is 25.3. The molecular formula is C27H29N3O6. The predicted molar refractivity (Wildman–Crippen MR) is 134 cm³/mol. The Bertz CT molecular complexity index is 1310. The van der Waals surface area contributed by atoms with Gasteiger partial charge in [0.25, 0.3) is 0 Å². The molecule has 0 fully saturated rings. The number of pyridine rings is 1. The third kappa shape index (κ3) is 5.48. The molecule has 0 aliphatic rings. The Morgan fingerprint density at radius 2 is 1.78 bits per heavy atom. The Kier molecular flexibility index (Phi) is 7.82. The third-order valence-corrected chi connectivity index (χ3v) is 6.08. The average molecular weight is 492 g/mol. The van der Waals surface area contributed by atoms with Crippen LogP contribution in [-0.2, 0) is 17.7 Å². The van der Waals surface area contributed by atoms with E-state index in [1.54, 1.807) is 37.2 Å². The van der Waals surface area contributed by atoms with Crippen LogP contribution < -0.4 is 9.47 Å². The number of ether oxygens (including phenoxy) is 3. The molecule has 2 aromatic carbocycles. The van der Waals surface area contributed by atoms with Crippen LogP contribution in [0.15, 0.2) is 60.9 Å². The molecule has 0 radical (unpaired) electrons. The number of rotatable bonds is 11. The van der Waals surface area contributed by atoms with Crippen molar-refractivity contribution in [2.24, 2.45) is 0 Å². The predicted octanol–water partition coefficient (Wildman–Crippen LogP) is 3.82. The van der Waals surface area contributed by atoms with Crippen molar-refractivity contribution in [3.8, 4) is 11.5 Å². The maximum absolute atomic E-state index is 11.6. The van der Waals surface area contributed by atoms with Crippen molar-refractivity contribution < 1.29 is 29.2 Å². The first-order valence-electron chi connectivity index (χ1n) is 11.5. The van der Waals surface area contributed by atoms with Gasteiger partial charge < -0.3 is 24.4 Å². The Labute approximate surface area is 208 Å². The van der Waals surface area contributed by atoms with E-state index in [9.17, 15) is 15.0 Å². The van der Waals surface area contributed by atoms with Crippen LogP contribution in [0.5, 0.6) is 11.5 Å². The van der Waals surface area contributed by atoms with Crippen molar-refractivity contribution in [1.82, 2.24) is 14.8 Å². The number of carboxylic acids is 1. The summed E-state index contributed by atoms with van der Waals surface area (Å²) in [5.41, 5.74) is 3.30. The van der Waals surface area contributed by atoms with E-state index in [-0.39, 0.29) is 17.6 Å². The Balaban J connectivity index is 1.63. The van der Waals surface area contributed by atoms with Crippen molar-refractivity contribution in [2.75, 3.05) is 20.8 Å². The number of hydrogen-bond acceptors (Lipinski definition) is 7. The van der Waals surface area contributed by atoms with Crippen molar-refractivity contribution in [3.63, 3.8) is 0 Å². The van der Waals surface area contributed by atoms with Gasteiger partial charge in [0, 0.05) is 11.8 Å². The number of aliphatic hydroxyl groups excluding tert-OH is 1. The van der Waals surface area contributed by atoms with Gasteiger partial charge in [-0.1, -0.05) is 30.3 Å². The highest BCUT2D eigenvalue weighted by Crippen LogP contribution is 2.34. The maximum atomic E-state index is 11.6. The summed E-state index contributed by atoms with van der Waals surface area (Å²) >= 11 is 0. The van der Waals surface area contributed by atoms with E-state index in [2.05, 4.69) is 10.1 Å². The number of aliphatic hydroxyl groups is 1. The highest BCUT2D eigenvalue weighted by Gasteiger charge is 2.26. The van der Waals surface area contributed by atoms with E-state index < -0.39 is 18.2 Å². The lowest BCUT2D eigenvalue weighted by atomic mass is 10.0. The van der Waals surface area contributed by atoms with Gasteiger partial charge >= 0.3 is 5.97 Å². The minimum absolute atomic E-state index is 0.0638. The van der Waals surface area contributed by atoms with Crippen molar-refractivity contribution in [2.45, 2.75) is 32.1 Å². The topological polar surface area (TPSA) is 116 Å². The van der Waals surface area contributed by atoms with Crippen molar-refractivity contribution >= 4 is 17.0 Å². The lowest BCUT2D eigenvalue weighted by Crippen LogP contribution is -2.29. The molecule has 9 heteroatoms. The molecule has 0 aliphatic carbocycles. The van der Waals surface area contributed by atoms with Crippen LogP contribution in [0.3, 0.4) is 0 Å². The summed E-state index contributed by atoms with van der Waals surface area (Å²) in [6.07, 6.45) is 2.01. The number of aromatic carboxylic acids is 1. The lowest BCUT2D eigenvalue weighted by molar-refractivity contribution is -0.0480. The number of carbonyl (C=O) groups is 1. The SMILES string of the molecule is COc1cc([C@@H](O)[C@H](Cn2cc3nccc(C(=O)O)c3n2)OCCc2ccccc2)cc(OC)c1C. The number of hydrogen-bond donors (Lipinski definition) is 2. The van der Waals surface area contributed by atoms with Crippen molar-refractivity contribution in [3.05, 3.63) is 83.2 Å². The summed E-state index contributed by atoms with van der Waals surface area (Å²) in [6, 6.07) is 14.9. The first-order valence-corrected chi connectivity index (χ1v) is 11.5. The second-order valence-corrected chi connectivity index (χ2v) is 8.39. The van der Waals surface area contributed by atoms with E-state index in [4.69, 9.17) is 14.2 Å². The summed E-state index contributed by atoms with van der Waals surface area (Å²) in [5.74, 6) is 0.0975. The third-order valence-electron chi connectivity index (χ3n) is 6.08. The molecule has 2 N–H and O–H groups in total. The first-order chi connectivity index (χ1) is 17.4. The maximum Gasteiger partial charge on any atom is 0.338 e. The van der Waals surface area contributed by atoms with Gasteiger partial charge in [0.2, 0.25) is 0 Å². The molecule has 0 saturated carbocycles. The van der Waals surface area contributed by atoms with Gasteiger partial charge in [0.1, 0.15) is 34.7 Å². The highest BCUT2D eigenvalue weighted by atomic mass is 16.5. The highest BCUT2D eigenvalue weighted by molar-refractivity contribution is 6.00. The van der Waals surface area contributed by atoms with Gasteiger partial charge in [-0.2, -0.15) is 5.10 Å². The summed E-state index contributed by atoms with van der Waals surface area (Å²) in [4.78, 5) is 15.8. The molecular weight excluding hydrogens is 462 g/mol. The molecule has 9 nitrogen and oxygen atoms in total. The molecule has 4 rings (SSSR count). The monoisotopic (exact) mass is 491 g/mol. The van der Waals surface area contributed by atoms with Crippen LogP contribution in [0.2, 0.25) is 0 Å². The normalized spacial score (nSPS) is 12.9. The van der Waals surface area contributed by atoms with Gasteiger partial charge in [-0.15, -0.1) is 0 Å². The average Bonchev–Trinajstić information content (AvgIpc) is 3.31. The van der Waals surface area contributed by atoms with Gasteiger partial charge in [-0.05, 0) is 42.7 Å². The molecule has 4 aromatic rings. The van der Waals surface area contributed by atoms with E-state index in [0.29, 0.717) is 35.6 Å². The van der Waals surface area contributed by atoms with Crippen LogP contribution in [0.4, 0.5) is 0 Å². The molecule has 0 unspecified atom stereocenters. The standard InChI is InChI=1S/C27H29N3O6/c1-17-22(34-2)13-19(14-23(17)35-3)26(31)24(36-12-10-18-7-5-4-6-8-18)16-30-15-21-25(29-30)20(27(32)33)9-11-28-21/h4-9,11,13-15,24,26,31H,10,12,16H2,1-3H3,(H,32,33)/t24-,26+/m0/s1. The fourth-order valence-corrected chi connectivity index (χ4v) is 4.13. The fourth-order valence-electron chi connectivity index (χ4n) is 4.13. The van der Waals surface area contributed by atoms with Crippen LogP contribution in [0.25, 0.3) is 11.0 Å². The molecule has 2 heterocycles. The zero-order valence-electron chi connectivity index (χ0n) is 20.4. The number of nitrogens with zero attached hydrogens (tertiary/aromatic N) is 3. The minimum Gasteiger partial charge on any atom is -0.496 e. The van der Waals surface area contributed by atoms with Crippen molar-refractivity contribution in [1.29, 1.82) is 0 Å². The molecule has 36 heavy (non-hydrogen) atoms. The molecule has 0 bridgehead atoms. The Morgan fingerprint density at radius 3 is 2.42 bits per heavy atom. The quantitative estimate of drug-likeness (QED) is 0.325. The zero-order chi connectivity index (χ0) is 25.7. The lowest BCUT2D eigenvalue weighted by Gasteiger charge is -2.25. The van der Waals surface area contributed by atoms with Crippen LogP contribution in [0, 0.1) is 6.92 Å². The number of aromatic nitrogens is 3. The Morgan fingerprint density at radius 1 is 1.08 bits per heavy atom. The van der Waals surface area contributed by atoms with Gasteiger partial charge in [-0.25, -0.2) is 4.79 Å². The molecule has 0 spiro atoms. The summed E-state index contributed by atoms with van der Waals surface area (Å²) in [6.45, 7) is 2.42. The molecule has 2 atom stereocenters. The largest absolute Gasteiger partial charge is 0.496 e. The summed E-state index contributed by atoms with van der Waals surface area (Å²) < 4.78 is 18.7. The summed E-state index contributed by atoms with van der Waals surface area (Å²) in [7, 11) is 3.13. The fraction of sp³-hybridized carbons (Fsp3) is 0.296. The van der Waals surface area contributed by atoms with Crippen LogP contribution >= 0.6 is 0 Å². The first kappa shape index (κ1) is 25.2. The van der Waals surface area contributed by atoms with Gasteiger partial charge in [0.15, 0.2) is 0 Å². The molecule has 2 aromatic heterocycles. The van der Waals surface area contributed by atoms with Crippen LogP contribution in [-0.4, -0.2) is 57.9 Å². The van der Waals surface area contributed by atoms with E-state index in [0.717, 1.165) is 11.1 Å². The molecule has 0 saturated heterocycles. The minimum atomic E-state index is -1.08. The molecule has 0 amide bonds.